The van der Waals surface area contributed by atoms with Crippen molar-refractivity contribution in [2.45, 2.75) is 643 Å². The molecule has 2 rings (SSSR count). The quantitative estimate of drug-likeness (QED) is 0.0512. The highest BCUT2D eigenvalue weighted by Gasteiger charge is 2.05. The summed E-state index contributed by atoms with van der Waals surface area (Å²) >= 11 is 0. The van der Waals surface area contributed by atoms with E-state index in [0.717, 1.165) is 12.1 Å². The lowest BCUT2D eigenvalue weighted by atomic mass is 10.0. The molecule has 0 heterocycles. The summed E-state index contributed by atoms with van der Waals surface area (Å²) in [5, 5.41) is 9.38. The van der Waals surface area contributed by atoms with Crippen LogP contribution in [0.4, 0.5) is 5.69 Å². The standard InChI is InChI=1S/C56H107N.C56H106O/c2*1-2-3-4-5-6-7-8-9-10-11-12-13-14-15-16-17-18-19-20-21-22-23-24-25-26-27-28-29-30-31-32-33-34-35-36-37-38-39-40-41-42-43-44-45-46-47-48-49-50-55-51-53-56(57)54-52-55/h51-54H,2-50,57H2,1H3;51-54,57H,2-50H2,1H3. The summed E-state index contributed by atoms with van der Waals surface area (Å²) in [4.78, 5) is 0. The van der Waals surface area contributed by atoms with E-state index >= 15 is 0 Å². The van der Waals surface area contributed by atoms with Crippen molar-refractivity contribution in [2.24, 2.45) is 0 Å². The first-order chi connectivity index (χ1) is 56.7. The van der Waals surface area contributed by atoms with Crippen LogP contribution in [0.5, 0.6) is 5.75 Å². The van der Waals surface area contributed by atoms with Gasteiger partial charge in [-0.15, -0.1) is 0 Å². The molecule has 0 aliphatic heterocycles. The van der Waals surface area contributed by atoms with E-state index in [-0.39, 0.29) is 0 Å². The Morgan fingerprint density at radius 3 is 0.351 bits per heavy atom. The van der Waals surface area contributed by atoms with Crippen LogP contribution in [0, 0.1) is 0 Å². The van der Waals surface area contributed by atoms with Gasteiger partial charge in [0.15, 0.2) is 0 Å². The van der Waals surface area contributed by atoms with Crippen LogP contribution in [0.3, 0.4) is 0 Å². The molecule has 0 aromatic heterocycles. The van der Waals surface area contributed by atoms with E-state index in [4.69, 9.17) is 5.73 Å². The molecule has 0 saturated carbocycles. The molecule has 0 unspecified atom stereocenters. The first kappa shape index (κ1) is 110. The van der Waals surface area contributed by atoms with Crippen molar-refractivity contribution in [3.8, 4) is 5.75 Å². The fraction of sp³-hybridized carbons (Fsp3) is 0.893. The van der Waals surface area contributed by atoms with Crippen molar-refractivity contribution in [3.63, 3.8) is 0 Å². The summed E-state index contributed by atoms with van der Waals surface area (Å²) in [6.07, 6.45) is 144. The summed E-state index contributed by atoms with van der Waals surface area (Å²) in [7, 11) is 0. The van der Waals surface area contributed by atoms with Crippen molar-refractivity contribution >= 4 is 5.69 Å². The number of hydrogen-bond donors (Lipinski definition) is 2. The number of aromatic hydroxyl groups is 1. The number of benzene rings is 2. The first-order valence-corrected chi connectivity index (χ1v) is 54.3. The van der Waals surface area contributed by atoms with Gasteiger partial charge in [0.2, 0.25) is 0 Å². The average molecular weight is 1590 g/mol. The molecule has 672 valence electrons. The summed E-state index contributed by atoms with van der Waals surface area (Å²) < 4.78 is 0. The molecule has 2 aromatic rings. The van der Waals surface area contributed by atoms with Gasteiger partial charge in [0.1, 0.15) is 5.75 Å². The Hall–Kier alpha value is -1.96. The molecule has 0 atom stereocenters. The van der Waals surface area contributed by atoms with Gasteiger partial charge in [0.25, 0.3) is 0 Å². The minimum absolute atomic E-state index is 0.376. The number of phenols is 1. The molecule has 0 amide bonds. The van der Waals surface area contributed by atoms with E-state index in [9.17, 15) is 5.11 Å². The molecule has 2 nitrogen and oxygen atoms in total. The number of unbranched alkanes of at least 4 members (excludes halogenated alkanes) is 94. The van der Waals surface area contributed by atoms with Crippen molar-refractivity contribution in [3.05, 3.63) is 59.7 Å². The Kier molecular flexibility index (Phi) is 96.4. The van der Waals surface area contributed by atoms with Crippen molar-refractivity contribution in [1.82, 2.24) is 0 Å². The van der Waals surface area contributed by atoms with Crippen LogP contribution in [0.2, 0.25) is 0 Å². The van der Waals surface area contributed by atoms with E-state index in [0.29, 0.717) is 5.75 Å². The molecule has 0 aliphatic rings. The number of nitrogens with two attached hydrogens (primary N) is 1. The normalized spacial score (nSPS) is 11.6. The Morgan fingerprint density at radius 1 is 0.140 bits per heavy atom. The fourth-order valence-corrected chi connectivity index (χ4v) is 18.4. The first-order valence-electron chi connectivity index (χ1n) is 54.3. The maximum atomic E-state index is 9.38. The molecule has 0 fully saturated rings. The third-order valence-electron chi connectivity index (χ3n) is 26.6. The summed E-state index contributed by atoms with van der Waals surface area (Å²) in [5.41, 5.74) is 9.45. The van der Waals surface area contributed by atoms with Gasteiger partial charge in [0, 0.05) is 5.69 Å². The highest BCUT2D eigenvalue weighted by molar-refractivity contribution is 5.39. The smallest absolute Gasteiger partial charge is 0.115 e. The third-order valence-corrected chi connectivity index (χ3v) is 26.6. The molecular weight excluding hydrogens is 1380 g/mol. The summed E-state index contributed by atoms with van der Waals surface area (Å²) in [6.45, 7) is 4.62. The molecule has 0 spiro atoms. The molecule has 0 aliphatic carbocycles. The van der Waals surface area contributed by atoms with Gasteiger partial charge in [-0.2, -0.15) is 0 Å². The molecule has 0 radical (unpaired) electrons. The minimum atomic E-state index is 0.376. The van der Waals surface area contributed by atoms with Crippen LogP contribution in [-0.2, 0) is 12.8 Å². The van der Waals surface area contributed by atoms with Gasteiger partial charge in [-0.05, 0) is 61.1 Å². The van der Waals surface area contributed by atoms with Gasteiger partial charge in [-0.1, -0.05) is 642 Å². The van der Waals surface area contributed by atoms with Crippen LogP contribution in [0.1, 0.15) is 641 Å². The number of rotatable bonds is 98. The molecule has 2 aromatic carbocycles. The fourth-order valence-electron chi connectivity index (χ4n) is 18.4. The predicted octanol–water partition coefficient (Wildman–Crippen LogP) is 41.2. The van der Waals surface area contributed by atoms with Crippen LogP contribution < -0.4 is 5.73 Å². The number of aryl methyl sites for hydroxylation is 2. The van der Waals surface area contributed by atoms with E-state index in [1.54, 1.807) is 0 Å². The van der Waals surface area contributed by atoms with Gasteiger partial charge in [-0.3, -0.25) is 0 Å². The lowest BCUT2D eigenvalue weighted by molar-refractivity contribution is 0.475. The highest BCUT2D eigenvalue weighted by atomic mass is 16.3. The molecule has 114 heavy (non-hydrogen) atoms. The molecular formula is C112H213NO. The zero-order valence-electron chi connectivity index (χ0n) is 78.9. The van der Waals surface area contributed by atoms with Crippen LogP contribution in [0.15, 0.2) is 48.5 Å². The van der Waals surface area contributed by atoms with Gasteiger partial charge < -0.3 is 10.8 Å². The lowest BCUT2D eigenvalue weighted by Gasteiger charge is -2.05. The van der Waals surface area contributed by atoms with Crippen LogP contribution >= 0.6 is 0 Å². The summed E-state index contributed by atoms with van der Waals surface area (Å²) in [5.74, 6) is 0.376. The van der Waals surface area contributed by atoms with E-state index in [2.05, 4.69) is 38.1 Å². The highest BCUT2D eigenvalue weighted by Crippen LogP contribution is 2.25. The second-order valence-electron chi connectivity index (χ2n) is 38.1. The average Bonchev–Trinajstić information content (AvgIpc) is 0.976. The van der Waals surface area contributed by atoms with Crippen LogP contribution in [0.25, 0.3) is 0 Å². The Labute approximate surface area is 720 Å². The Balaban J connectivity index is 0.00000114. The zero-order chi connectivity index (χ0) is 81.3. The van der Waals surface area contributed by atoms with Crippen molar-refractivity contribution in [1.29, 1.82) is 0 Å². The molecule has 3 N–H and O–H groups in total. The van der Waals surface area contributed by atoms with Crippen molar-refractivity contribution in [2.75, 3.05) is 5.73 Å². The van der Waals surface area contributed by atoms with Gasteiger partial charge in [0.05, 0.1) is 0 Å². The molecule has 0 saturated heterocycles. The van der Waals surface area contributed by atoms with Crippen molar-refractivity contribution < 1.29 is 5.11 Å². The zero-order valence-corrected chi connectivity index (χ0v) is 78.9. The second-order valence-corrected chi connectivity index (χ2v) is 38.1. The topological polar surface area (TPSA) is 46.2 Å². The number of nitrogen functional groups attached to an aromatic ring is 1. The monoisotopic (exact) mass is 1590 g/mol. The van der Waals surface area contributed by atoms with E-state index in [1.165, 1.54) is 634 Å². The largest absolute Gasteiger partial charge is 0.508 e. The third kappa shape index (κ3) is 93.9. The number of phenolic OH excluding ortho intramolecular Hbond substituents is 1. The maximum Gasteiger partial charge on any atom is 0.115 e. The number of hydrogen-bond acceptors (Lipinski definition) is 2. The molecule has 2 heteroatoms. The Morgan fingerprint density at radius 2 is 0.237 bits per heavy atom. The minimum Gasteiger partial charge on any atom is -0.508 e. The maximum absolute atomic E-state index is 9.38. The SMILES string of the molecule is CCCCCCCCCCCCCCCCCCCCCCCCCCCCCCCCCCCCCCCCCCCCCCCCCCc1ccc(N)cc1.CCCCCCCCCCCCCCCCCCCCCCCCCCCCCCCCCCCCCCCCCCCCCCCCCCc1ccc(O)cc1. The molecule has 0 bridgehead atoms. The second kappa shape index (κ2) is 99.9. The summed E-state index contributed by atoms with van der Waals surface area (Å²) in [6, 6.07) is 16.2. The lowest BCUT2D eigenvalue weighted by Crippen LogP contribution is -1.88. The van der Waals surface area contributed by atoms with Gasteiger partial charge >= 0.3 is 0 Å². The van der Waals surface area contributed by atoms with Crippen LogP contribution in [-0.4, -0.2) is 5.11 Å². The van der Waals surface area contributed by atoms with E-state index in [1.807, 2.05) is 24.3 Å². The van der Waals surface area contributed by atoms with E-state index < -0.39 is 0 Å². The Bertz CT molecular complexity index is 1830. The predicted molar refractivity (Wildman–Crippen MR) is 521 cm³/mol. The van der Waals surface area contributed by atoms with Gasteiger partial charge in [-0.25, -0.2) is 0 Å². The number of anilines is 1.